The van der Waals surface area contributed by atoms with E-state index in [4.69, 9.17) is 11.6 Å². The number of aryl methyl sites for hydroxylation is 2. The molecule has 9 heteroatoms. The third-order valence-electron chi connectivity index (χ3n) is 5.20. The van der Waals surface area contributed by atoms with Crippen LogP contribution in [-0.2, 0) is 16.6 Å². The van der Waals surface area contributed by atoms with Gasteiger partial charge in [-0.15, -0.1) is 4.09 Å². The second-order valence-electron chi connectivity index (χ2n) is 7.59. The smallest absolute Gasteiger partial charge is 0.339 e. The highest BCUT2D eigenvalue weighted by molar-refractivity contribution is 7.87. The summed E-state index contributed by atoms with van der Waals surface area (Å²) < 4.78 is 27.8. The van der Waals surface area contributed by atoms with Crippen LogP contribution < -0.4 is 0 Å². The molecule has 1 unspecified atom stereocenters. The van der Waals surface area contributed by atoms with Crippen molar-refractivity contribution in [1.29, 1.82) is 0 Å². The summed E-state index contributed by atoms with van der Waals surface area (Å²) in [5, 5.41) is 14.3. The molecule has 0 fully saturated rings. The number of rotatable bonds is 7. The van der Waals surface area contributed by atoms with Crippen LogP contribution in [0.1, 0.15) is 44.2 Å². The van der Waals surface area contributed by atoms with Crippen molar-refractivity contribution in [2.24, 2.45) is 0 Å². The summed E-state index contributed by atoms with van der Waals surface area (Å²) in [4.78, 5) is 12.0. The molecule has 0 saturated heterocycles. The first-order valence-corrected chi connectivity index (χ1v) is 11.4. The molecule has 1 N–H and O–H groups in total. The Balaban J connectivity index is 2.33. The van der Waals surface area contributed by atoms with Gasteiger partial charge in [0.2, 0.25) is 0 Å². The predicted molar refractivity (Wildman–Crippen MR) is 120 cm³/mol. The van der Waals surface area contributed by atoms with E-state index in [2.05, 4.69) is 5.10 Å². The molecular weight excluding hydrogens is 438 g/mol. The number of carboxylic acid groups (broad SMARTS) is 1. The third-order valence-corrected chi connectivity index (χ3v) is 7.22. The Morgan fingerprint density at radius 3 is 2.48 bits per heavy atom. The topological polar surface area (TPSA) is 92.5 Å². The number of carbonyl (C=O) groups is 1. The Morgan fingerprint density at radius 1 is 1.19 bits per heavy atom. The van der Waals surface area contributed by atoms with E-state index in [0.29, 0.717) is 11.4 Å². The summed E-state index contributed by atoms with van der Waals surface area (Å²) in [5.74, 6) is -1.85. The first kappa shape index (κ1) is 23.0. The molecule has 3 rings (SSSR count). The van der Waals surface area contributed by atoms with E-state index in [1.54, 1.807) is 6.07 Å². The number of aromatic nitrogens is 2. The van der Waals surface area contributed by atoms with Crippen molar-refractivity contribution in [1.82, 2.24) is 13.5 Å². The number of nitrogens with zero attached hydrogens (tertiary/aromatic N) is 3. The molecule has 3 aromatic rings. The molecule has 31 heavy (non-hydrogen) atoms. The fraction of sp³-hybridized carbons (Fsp3) is 0.273. The zero-order valence-corrected chi connectivity index (χ0v) is 19.3. The molecule has 0 saturated carbocycles. The van der Waals surface area contributed by atoms with Gasteiger partial charge in [-0.05, 0) is 43.0 Å². The minimum atomic E-state index is -4.05. The van der Waals surface area contributed by atoms with Crippen LogP contribution in [0.4, 0.5) is 0 Å². The lowest BCUT2D eigenvalue weighted by Gasteiger charge is -2.23. The van der Waals surface area contributed by atoms with Crippen molar-refractivity contribution in [3.63, 3.8) is 0 Å². The van der Waals surface area contributed by atoms with Gasteiger partial charge in [0.25, 0.3) is 0 Å². The Hall–Kier alpha value is -2.68. The van der Waals surface area contributed by atoms with Gasteiger partial charge >= 0.3 is 16.2 Å². The van der Waals surface area contributed by atoms with E-state index in [-0.39, 0.29) is 11.3 Å². The maximum Gasteiger partial charge on any atom is 0.339 e. The number of benzene rings is 2. The third kappa shape index (κ3) is 4.51. The van der Waals surface area contributed by atoms with Crippen LogP contribution in [0.15, 0.2) is 48.7 Å². The Bertz CT molecular complexity index is 1240. The van der Waals surface area contributed by atoms with Crippen LogP contribution in [0.25, 0.3) is 0 Å². The Morgan fingerprint density at radius 2 is 1.87 bits per heavy atom. The summed E-state index contributed by atoms with van der Waals surface area (Å²) in [6, 6.07) is 13.1. The molecule has 164 valence electrons. The van der Waals surface area contributed by atoms with E-state index in [1.165, 1.54) is 14.1 Å². The van der Waals surface area contributed by atoms with Crippen LogP contribution in [0.5, 0.6) is 0 Å². The van der Waals surface area contributed by atoms with Crippen molar-refractivity contribution >= 4 is 27.8 Å². The fourth-order valence-electron chi connectivity index (χ4n) is 3.58. The molecule has 0 aliphatic heterocycles. The molecule has 7 nitrogen and oxygen atoms in total. The van der Waals surface area contributed by atoms with Crippen LogP contribution in [0, 0.1) is 13.8 Å². The number of halogens is 1. The molecule has 0 radical (unpaired) electrons. The van der Waals surface area contributed by atoms with Gasteiger partial charge in [0, 0.05) is 25.0 Å². The SMILES string of the molecule is Cc1ccc(Cl)c(CC(c2ccccc2C)c2c(C(=O)O)cnn2S(=O)(=O)N(C)C)c1. The summed E-state index contributed by atoms with van der Waals surface area (Å²) in [5.41, 5.74) is 3.42. The highest BCUT2D eigenvalue weighted by atomic mass is 35.5. The summed E-state index contributed by atoms with van der Waals surface area (Å²) in [7, 11) is -1.30. The molecule has 0 spiro atoms. The quantitative estimate of drug-likeness (QED) is 0.576. The lowest BCUT2D eigenvalue weighted by Crippen LogP contribution is -2.32. The average Bonchev–Trinajstić information content (AvgIpc) is 3.15. The second-order valence-corrected chi connectivity index (χ2v) is 9.97. The minimum Gasteiger partial charge on any atom is -0.478 e. The largest absolute Gasteiger partial charge is 0.478 e. The van der Waals surface area contributed by atoms with Gasteiger partial charge in [-0.1, -0.05) is 53.6 Å². The van der Waals surface area contributed by atoms with Gasteiger partial charge in [-0.3, -0.25) is 0 Å². The first-order valence-electron chi connectivity index (χ1n) is 9.58. The number of carboxylic acids is 1. The highest BCUT2D eigenvalue weighted by Gasteiger charge is 2.33. The first-order chi connectivity index (χ1) is 14.5. The van der Waals surface area contributed by atoms with E-state index in [0.717, 1.165) is 36.8 Å². The van der Waals surface area contributed by atoms with Gasteiger partial charge < -0.3 is 5.11 Å². The molecule has 0 amide bonds. The average molecular weight is 462 g/mol. The maximum atomic E-state index is 13.0. The van der Waals surface area contributed by atoms with E-state index < -0.39 is 22.1 Å². The van der Waals surface area contributed by atoms with Gasteiger partial charge in [-0.25, -0.2) is 4.79 Å². The van der Waals surface area contributed by atoms with Crippen molar-refractivity contribution in [3.8, 4) is 0 Å². The minimum absolute atomic E-state index is 0.0908. The molecule has 1 heterocycles. The Kier molecular flexibility index (Phi) is 6.54. The molecule has 1 atom stereocenters. The monoisotopic (exact) mass is 461 g/mol. The van der Waals surface area contributed by atoms with Crippen molar-refractivity contribution < 1.29 is 18.3 Å². The van der Waals surface area contributed by atoms with Crippen molar-refractivity contribution in [2.45, 2.75) is 26.2 Å². The lowest BCUT2D eigenvalue weighted by molar-refractivity contribution is 0.0695. The zero-order valence-electron chi connectivity index (χ0n) is 17.7. The highest BCUT2D eigenvalue weighted by Crippen LogP contribution is 2.35. The molecule has 1 aromatic heterocycles. The van der Waals surface area contributed by atoms with E-state index in [9.17, 15) is 18.3 Å². The van der Waals surface area contributed by atoms with E-state index >= 15 is 0 Å². The van der Waals surface area contributed by atoms with Crippen LogP contribution in [-0.4, -0.2) is 47.1 Å². The molecule has 2 aromatic carbocycles. The van der Waals surface area contributed by atoms with E-state index in [1.807, 2.05) is 50.2 Å². The van der Waals surface area contributed by atoms with Gasteiger partial charge in [0.15, 0.2) is 0 Å². The Labute approximate surface area is 187 Å². The number of hydrogen-bond acceptors (Lipinski definition) is 4. The number of hydrogen-bond donors (Lipinski definition) is 1. The fourth-order valence-corrected chi connectivity index (χ4v) is 4.72. The van der Waals surface area contributed by atoms with Gasteiger partial charge in [0.05, 0.1) is 11.9 Å². The normalized spacial score (nSPS) is 12.8. The summed E-state index contributed by atoms with van der Waals surface area (Å²) >= 11 is 6.45. The van der Waals surface area contributed by atoms with Gasteiger partial charge in [0.1, 0.15) is 5.56 Å². The molecule has 0 bridgehead atoms. The zero-order chi connectivity index (χ0) is 22.9. The second kappa shape index (κ2) is 8.82. The van der Waals surface area contributed by atoms with Crippen molar-refractivity contribution in [3.05, 3.63) is 87.2 Å². The lowest BCUT2D eigenvalue weighted by atomic mass is 9.85. The van der Waals surface area contributed by atoms with Crippen molar-refractivity contribution in [2.75, 3.05) is 14.1 Å². The van der Waals surface area contributed by atoms with Crippen LogP contribution in [0.3, 0.4) is 0 Å². The van der Waals surface area contributed by atoms with Gasteiger partial charge in [-0.2, -0.15) is 17.8 Å². The molecule has 0 aliphatic carbocycles. The predicted octanol–water partition coefficient (Wildman–Crippen LogP) is 3.88. The summed E-state index contributed by atoms with van der Waals surface area (Å²) in [6.45, 7) is 3.84. The number of aromatic carboxylic acids is 1. The molecule has 0 aliphatic rings. The summed E-state index contributed by atoms with van der Waals surface area (Å²) in [6.07, 6.45) is 1.39. The molecular formula is C22H24ClN3O4S. The van der Waals surface area contributed by atoms with Crippen LogP contribution in [0.2, 0.25) is 5.02 Å². The maximum absolute atomic E-state index is 13.0. The standard InChI is InChI=1S/C22H24ClN3O4S/c1-14-9-10-20(23)16(11-14)12-18(17-8-6-5-7-15(17)2)21-19(22(27)28)13-24-26(21)31(29,30)25(3)4/h5-11,13,18H,12H2,1-4H3,(H,27,28). The van der Waals surface area contributed by atoms with Crippen LogP contribution >= 0.6 is 11.6 Å².